The van der Waals surface area contributed by atoms with E-state index >= 15 is 0 Å². The number of non-ortho nitro benzene ring substituents is 1. The normalized spacial score (nSPS) is 11.4. The van der Waals surface area contributed by atoms with Gasteiger partial charge < -0.3 is 0 Å². The second-order valence-electron chi connectivity index (χ2n) is 5.77. The number of rotatable bonds is 4. The summed E-state index contributed by atoms with van der Waals surface area (Å²) in [5.41, 5.74) is 1.69. The molecule has 1 aromatic heterocycles. The Balaban J connectivity index is 2.33. The van der Waals surface area contributed by atoms with Crippen LogP contribution in [0.4, 0.5) is 5.69 Å². The number of aldehydes is 1. The van der Waals surface area contributed by atoms with Crippen LogP contribution in [-0.4, -0.2) is 26.2 Å². The minimum Gasteiger partial charge on any atom is -0.296 e. The van der Waals surface area contributed by atoms with E-state index in [0.29, 0.717) is 18.5 Å². The molecule has 0 N–H and O–H groups in total. The van der Waals surface area contributed by atoms with Crippen molar-refractivity contribution in [1.29, 1.82) is 0 Å². The monoisotopic (exact) mass is 288 g/mol. The number of carbonyl (C=O) groups excluding carboxylic acids is 1. The molecule has 0 fully saturated rings. The molecule has 0 unspecified atom stereocenters. The summed E-state index contributed by atoms with van der Waals surface area (Å²) in [5, 5.41) is 18.5. The van der Waals surface area contributed by atoms with Crippen LogP contribution in [-0.2, 0) is 12.0 Å². The molecule has 0 saturated carbocycles. The van der Waals surface area contributed by atoms with Gasteiger partial charge in [-0.05, 0) is 5.56 Å². The molecule has 1 aromatic carbocycles. The van der Waals surface area contributed by atoms with Crippen LogP contribution in [0.25, 0.3) is 0 Å². The molecular formula is C14H16N4O3. The second-order valence-corrected chi connectivity index (χ2v) is 5.77. The van der Waals surface area contributed by atoms with E-state index in [1.165, 1.54) is 12.1 Å². The molecule has 7 nitrogen and oxygen atoms in total. The van der Waals surface area contributed by atoms with E-state index in [9.17, 15) is 14.9 Å². The highest BCUT2D eigenvalue weighted by molar-refractivity contribution is 5.73. The summed E-state index contributed by atoms with van der Waals surface area (Å²) in [6, 6.07) is 6.24. The van der Waals surface area contributed by atoms with Gasteiger partial charge in [-0.3, -0.25) is 14.9 Å². The Kier molecular flexibility index (Phi) is 3.84. The van der Waals surface area contributed by atoms with Crippen molar-refractivity contribution >= 4 is 12.0 Å². The highest BCUT2D eigenvalue weighted by atomic mass is 16.6. The molecular weight excluding hydrogens is 272 g/mol. The van der Waals surface area contributed by atoms with E-state index in [0.717, 1.165) is 11.3 Å². The first-order valence-corrected chi connectivity index (χ1v) is 6.45. The maximum atomic E-state index is 11.1. The molecule has 0 radical (unpaired) electrons. The van der Waals surface area contributed by atoms with E-state index in [1.54, 1.807) is 16.8 Å². The zero-order valence-corrected chi connectivity index (χ0v) is 12.1. The average Bonchev–Trinajstić information content (AvgIpc) is 2.82. The van der Waals surface area contributed by atoms with Crippen LogP contribution >= 0.6 is 0 Å². The Labute approximate surface area is 121 Å². The smallest absolute Gasteiger partial charge is 0.269 e. The standard InChI is InChI=1S/C14H16N4O3/c1-14(2,3)13-12(9-19)15-16-17(13)8-10-4-6-11(7-5-10)18(20)21/h4-7,9H,8H2,1-3H3. The Bertz CT molecular complexity index is 669. The summed E-state index contributed by atoms with van der Waals surface area (Å²) in [5.74, 6) is 0. The average molecular weight is 288 g/mol. The Morgan fingerprint density at radius 3 is 2.38 bits per heavy atom. The maximum absolute atomic E-state index is 11.1. The lowest BCUT2D eigenvalue weighted by molar-refractivity contribution is -0.384. The van der Waals surface area contributed by atoms with Crippen LogP contribution in [0.1, 0.15) is 42.5 Å². The largest absolute Gasteiger partial charge is 0.296 e. The van der Waals surface area contributed by atoms with E-state index in [4.69, 9.17) is 0 Å². The van der Waals surface area contributed by atoms with Gasteiger partial charge in [0.05, 0.1) is 17.2 Å². The fourth-order valence-electron chi connectivity index (χ4n) is 2.18. The zero-order chi connectivity index (χ0) is 15.6. The minimum atomic E-state index is -0.440. The van der Waals surface area contributed by atoms with Crippen LogP contribution < -0.4 is 0 Å². The van der Waals surface area contributed by atoms with Gasteiger partial charge in [0.15, 0.2) is 6.29 Å². The van der Waals surface area contributed by atoms with Crippen molar-refractivity contribution in [3.8, 4) is 0 Å². The third-order valence-corrected chi connectivity index (χ3v) is 3.06. The summed E-state index contributed by atoms with van der Waals surface area (Å²) < 4.78 is 1.66. The minimum absolute atomic E-state index is 0.0435. The predicted molar refractivity (Wildman–Crippen MR) is 76.3 cm³/mol. The van der Waals surface area contributed by atoms with Crippen LogP contribution in [0.15, 0.2) is 24.3 Å². The fourth-order valence-corrected chi connectivity index (χ4v) is 2.18. The molecule has 1 heterocycles. The quantitative estimate of drug-likeness (QED) is 0.489. The number of hydrogen-bond acceptors (Lipinski definition) is 5. The van der Waals surface area contributed by atoms with Gasteiger partial charge in [0, 0.05) is 17.5 Å². The summed E-state index contributed by atoms with van der Waals surface area (Å²) in [6.07, 6.45) is 0.694. The molecule has 0 atom stereocenters. The van der Waals surface area contributed by atoms with Crippen molar-refractivity contribution in [2.75, 3.05) is 0 Å². The zero-order valence-electron chi connectivity index (χ0n) is 12.1. The van der Waals surface area contributed by atoms with E-state index in [-0.39, 0.29) is 11.1 Å². The lowest BCUT2D eigenvalue weighted by atomic mass is 9.90. The highest BCUT2D eigenvalue weighted by Crippen LogP contribution is 2.24. The number of nitrogens with zero attached hydrogens (tertiary/aromatic N) is 4. The maximum Gasteiger partial charge on any atom is 0.269 e. The van der Waals surface area contributed by atoms with Crippen LogP contribution in [0.2, 0.25) is 0 Å². The van der Waals surface area contributed by atoms with Gasteiger partial charge >= 0.3 is 0 Å². The number of nitro benzene ring substituents is 1. The van der Waals surface area contributed by atoms with Crippen molar-refractivity contribution in [3.05, 3.63) is 51.3 Å². The molecule has 0 saturated heterocycles. The van der Waals surface area contributed by atoms with Crippen molar-refractivity contribution in [3.63, 3.8) is 0 Å². The Morgan fingerprint density at radius 1 is 1.29 bits per heavy atom. The van der Waals surface area contributed by atoms with E-state index in [1.807, 2.05) is 20.8 Å². The van der Waals surface area contributed by atoms with Crippen molar-refractivity contribution in [2.45, 2.75) is 32.7 Å². The lowest BCUT2D eigenvalue weighted by Gasteiger charge is -2.20. The van der Waals surface area contributed by atoms with Crippen LogP contribution in [0.5, 0.6) is 0 Å². The molecule has 0 aliphatic rings. The van der Waals surface area contributed by atoms with Gasteiger partial charge in [-0.25, -0.2) is 4.68 Å². The fraction of sp³-hybridized carbons (Fsp3) is 0.357. The van der Waals surface area contributed by atoms with Crippen LogP contribution in [0, 0.1) is 10.1 Å². The number of hydrogen-bond donors (Lipinski definition) is 0. The summed E-state index contributed by atoms with van der Waals surface area (Å²) in [6.45, 7) is 6.34. The molecule has 0 aliphatic carbocycles. The molecule has 0 bridgehead atoms. The first-order chi connectivity index (χ1) is 9.82. The Hall–Kier alpha value is -2.57. The number of benzene rings is 1. The van der Waals surface area contributed by atoms with Crippen molar-refractivity contribution < 1.29 is 9.72 Å². The van der Waals surface area contributed by atoms with Gasteiger partial charge in [0.25, 0.3) is 5.69 Å². The summed E-state index contributed by atoms with van der Waals surface area (Å²) in [7, 11) is 0. The number of carbonyl (C=O) groups is 1. The first-order valence-electron chi connectivity index (χ1n) is 6.45. The predicted octanol–water partition coefficient (Wildman–Crippen LogP) is 2.34. The molecule has 0 aliphatic heterocycles. The van der Waals surface area contributed by atoms with Gasteiger partial charge in [0.2, 0.25) is 0 Å². The second kappa shape index (κ2) is 5.43. The molecule has 0 amide bonds. The molecule has 7 heteroatoms. The van der Waals surface area contributed by atoms with E-state index < -0.39 is 4.92 Å². The summed E-state index contributed by atoms with van der Waals surface area (Å²) in [4.78, 5) is 21.3. The highest BCUT2D eigenvalue weighted by Gasteiger charge is 2.25. The first kappa shape index (κ1) is 14.8. The van der Waals surface area contributed by atoms with Gasteiger partial charge in [0.1, 0.15) is 5.69 Å². The van der Waals surface area contributed by atoms with Crippen LogP contribution in [0.3, 0.4) is 0 Å². The van der Waals surface area contributed by atoms with Crippen molar-refractivity contribution in [2.24, 2.45) is 0 Å². The van der Waals surface area contributed by atoms with Gasteiger partial charge in [-0.2, -0.15) is 0 Å². The topological polar surface area (TPSA) is 90.9 Å². The molecule has 0 spiro atoms. The number of nitro groups is 1. The van der Waals surface area contributed by atoms with Crippen molar-refractivity contribution in [1.82, 2.24) is 15.0 Å². The molecule has 110 valence electrons. The third-order valence-electron chi connectivity index (χ3n) is 3.06. The molecule has 21 heavy (non-hydrogen) atoms. The molecule has 2 rings (SSSR count). The molecule has 2 aromatic rings. The van der Waals surface area contributed by atoms with Gasteiger partial charge in [-0.15, -0.1) is 5.10 Å². The SMILES string of the molecule is CC(C)(C)c1c(C=O)nnn1Cc1ccc([N+](=O)[O-])cc1. The Morgan fingerprint density at radius 2 is 1.90 bits per heavy atom. The van der Waals surface area contributed by atoms with E-state index in [2.05, 4.69) is 10.3 Å². The summed E-state index contributed by atoms with van der Waals surface area (Å²) >= 11 is 0. The third kappa shape index (κ3) is 3.13. The number of aromatic nitrogens is 3. The van der Waals surface area contributed by atoms with Gasteiger partial charge in [-0.1, -0.05) is 38.1 Å². The lowest BCUT2D eigenvalue weighted by Crippen LogP contribution is -2.20.